The first-order valence-corrected chi connectivity index (χ1v) is 10.5. The first-order valence-electron chi connectivity index (χ1n) is 7.43. The van der Waals surface area contributed by atoms with Crippen LogP contribution in [0.3, 0.4) is 0 Å². The number of furan rings is 1. The predicted molar refractivity (Wildman–Crippen MR) is 97.5 cm³/mol. The molecule has 3 heterocycles. The standard InChI is InChI=1S/C16H13N3O3S3/c20-25(21,15-7-1-4-12-16(15)19-24-18-12)17-10-11(13-5-2-8-22-13)14-6-3-9-23-14/h1-9,11,17H,10H2. The van der Waals surface area contributed by atoms with Gasteiger partial charge in [-0.2, -0.15) is 8.75 Å². The van der Waals surface area contributed by atoms with Gasteiger partial charge in [-0.05, 0) is 35.7 Å². The number of benzene rings is 1. The second-order valence-electron chi connectivity index (χ2n) is 5.32. The molecule has 25 heavy (non-hydrogen) atoms. The summed E-state index contributed by atoms with van der Waals surface area (Å²) in [5.41, 5.74) is 0.972. The zero-order valence-electron chi connectivity index (χ0n) is 12.8. The number of aromatic nitrogens is 2. The van der Waals surface area contributed by atoms with Crippen LogP contribution in [0.2, 0.25) is 0 Å². The van der Waals surface area contributed by atoms with Crippen LogP contribution in [0.25, 0.3) is 11.0 Å². The van der Waals surface area contributed by atoms with Crippen molar-refractivity contribution in [3.05, 3.63) is 64.7 Å². The number of fused-ring (bicyclic) bond motifs is 1. The van der Waals surface area contributed by atoms with E-state index in [1.807, 2.05) is 23.6 Å². The topological polar surface area (TPSA) is 85.1 Å². The summed E-state index contributed by atoms with van der Waals surface area (Å²) in [4.78, 5) is 1.18. The summed E-state index contributed by atoms with van der Waals surface area (Å²) in [6.45, 7) is 0.199. The van der Waals surface area contributed by atoms with Gasteiger partial charge in [-0.15, -0.1) is 11.3 Å². The fourth-order valence-electron chi connectivity index (χ4n) is 2.59. The second kappa shape index (κ2) is 6.68. The Bertz CT molecular complexity index is 1040. The van der Waals surface area contributed by atoms with E-state index in [0.717, 1.165) is 22.4 Å². The van der Waals surface area contributed by atoms with E-state index in [1.54, 1.807) is 41.9 Å². The third-order valence-electron chi connectivity index (χ3n) is 3.79. The lowest BCUT2D eigenvalue weighted by Gasteiger charge is -2.14. The molecule has 0 bridgehead atoms. The molecule has 4 rings (SSSR count). The number of nitrogens with one attached hydrogen (secondary N) is 1. The van der Waals surface area contributed by atoms with Crippen molar-refractivity contribution < 1.29 is 12.8 Å². The molecule has 1 atom stereocenters. The zero-order chi connectivity index (χ0) is 17.3. The van der Waals surface area contributed by atoms with Crippen LogP contribution in [0.5, 0.6) is 0 Å². The highest BCUT2D eigenvalue weighted by molar-refractivity contribution is 7.89. The molecule has 6 nitrogen and oxygen atoms in total. The van der Waals surface area contributed by atoms with Crippen molar-refractivity contribution in [2.45, 2.75) is 10.8 Å². The molecule has 1 unspecified atom stereocenters. The van der Waals surface area contributed by atoms with E-state index in [9.17, 15) is 8.42 Å². The smallest absolute Gasteiger partial charge is 0.242 e. The van der Waals surface area contributed by atoms with E-state index in [2.05, 4.69) is 13.5 Å². The molecule has 0 saturated carbocycles. The number of thiophene rings is 1. The molecular formula is C16H13N3O3S3. The molecule has 1 aromatic carbocycles. The maximum atomic E-state index is 12.8. The maximum Gasteiger partial charge on any atom is 0.242 e. The molecule has 3 aromatic heterocycles. The lowest BCUT2D eigenvalue weighted by atomic mass is 10.1. The zero-order valence-corrected chi connectivity index (χ0v) is 15.3. The summed E-state index contributed by atoms with van der Waals surface area (Å²) in [6.07, 6.45) is 1.59. The van der Waals surface area contributed by atoms with Gasteiger partial charge in [-0.25, -0.2) is 13.1 Å². The molecule has 0 fully saturated rings. The van der Waals surface area contributed by atoms with E-state index in [4.69, 9.17) is 4.42 Å². The molecule has 0 spiro atoms. The number of hydrogen-bond donors (Lipinski definition) is 1. The van der Waals surface area contributed by atoms with Crippen LogP contribution in [-0.4, -0.2) is 23.7 Å². The number of sulfonamides is 1. The van der Waals surface area contributed by atoms with E-state index in [-0.39, 0.29) is 17.4 Å². The Morgan fingerprint density at radius 2 is 2.04 bits per heavy atom. The summed E-state index contributed by atoms with van der Waals surface area (Å²) in [6, 6.07) is 12.5. The number of rotatable bonds is 6. The highest BCUT2D eigenvalue weighted by Crippen LogP contribution is 2.29. The monoisotopic (exact) mass is 391 g/mol. The molecule has 0 radical (unpaired) electrons. The second-order valence-corrected chi connectivity index (χ2v) is 8.57. The average Bonchev–Trinajstić information content (AvgIpc) is 3.36. The summed E-state index contributed by atoms with van der Waals surface area (Å²) < 4.78 is 42.0. The minimum atomic E-state index is -3.72. The van der Waals surface area contributed by atoms with Crippen molar-refractivity contribution >= 4 is 44.1 Å². The van der Waals surface area contributed by atoms with Gasteiger partial charge in [0.05, 0.1) is 23.9 Å². The largest absolute Gasteiger partial charge is 0.469 e. The van der Waals surface area contributed by atoms with E-state index < -0.39 is 10.0 Å². The first kappa shape index (κ1) is 16.4. The summed E-state index contributed by atoms with van der Waals surface area (Å²) in [7, 11) is -3.72. The van der Waals surface area contributed by atoms with E-state index >= 15 is 0 Å². The van der Waals surface area contributed by atoms with Gasteiger partial charge in [-0.3, -0.25) is 0 Å². The Kier molecular flexibility index (Phi) is 4.38. The fraction of sp³-hybridized carbons (Fsp3) is 0.125. The Balaban J connectivity index is 1.63. The van der Waals surface area contributed by atoms with Crippen molar-refractivity contribution in [1.82, 2.24) is 13.5 Å². The van der Waals surface area contributed by atoms with Crippen LogP contribution in [0, 0.1) is 0 Å². The van der Waals surface area contributed by atoms with Gasteiger partial charge < -0.3 is 4.42 Å². The average molecular weight is 391 g/mol. The lowest BCUT2D eigenvalue weighted by molar-refractivity contribution is 0.483. The Hall–Kier alpha value is -2.07. The summed E-state index contributed by atoms with van der Waals surface area (Å²) in [5, 5.41) is 1.96. The van der Waals surface area contributed by atoms with Gasteiger partial charge in [0, 0.05) is 11.4 Å². The highest BCUT2D eigenvalue weighted by atomic mass is 32.2. The van der Waals surface area contributed by atoms with Gasteiger partial charge in [0.25, 0.3) is 0 Å². The minimum absolute atomic E-state index is 0.142. The maximum absolute atomic E-state index is 12.8. The molecule has 0 aliphatic rings. The number of hydrogen-bond acceptors (Lipinski definition) is 7. The molecule has 0 aliphatic heterocycles. The predicted octanol–water partition coefficient (Wildman–Crippen LogP) is 3.46. The van der Waals surface area contributed by atoms with Crippen LogP contribution in [0.1, 0.15) is 16.6 Å². The quantitative estimate of drug-likeness (QED) is 0.544. The van der Waals surface area contributed by atoms with E-state index in [1.165, 1.54) is 0 Å². The molecular weight excluding hydrogens is 378 g/mol. The highest BCUT2D eigenvalue weighted by Gasteiger charge is 2.24. The third-order valence-corrected chi connectivity index (χ3v) is 6.77. The van der Waals surface area contributed by atoms with Crippen molar-refractivity contribution in [3.63, 3.8) is 0 Å². The Morgan fingerprint density at radius 3 is 2.80 bits per heavy atom. The van der Waals surface area contributed by atoms with Crippen LogP contribution in [0.15, 0.2) is 63.4 Å². The number of nitrogens with zero attached hydrogens (tertiary/aromatic N) is 2. The van der Waals surface area contributed by atoms with Gasteiger partial charge in [-0.1, -0.05) is 12.1 Å². The third kappa shape index (κ3) is 3.23. The van der Waals surface area contributed by atoms with Crippen molar-refractivity contribution in [3.8, 4) is 0 Å². The van der Waals surface area contributed by atoms with Gasteiger partial charge >= 0.3 is 0 Å². The molecule has 4 aromatic rings. The van der Waals surface area contributed by atoms with Crippen molar-refractivity contribution in [2.75, 3.05) is 6.54 Å². The van der Waals surface area contributed by atoms with Gasteiger partial charge in [0.1, 0.15) is 21.7 Å². The minimum Gasteiger partial charge on any atom is -0.469 e. The molecule has 1 N–H and O–H groups in total. The molecule has 0 saturated heterocycles. The molecule has 128 valence electrons. The van der Waals surface area contributed by atoms with Crippen LogP contribution in [0.4, 0.5) is 0 Å². The van der Waals surface area contributed by atoms with Crippen LogP contribution in [-0.2, 0) is 10.0 Å². The van der Waals surface area contributed by atoms with Crippen LogP contribution >= 0.6 is 23.1 Å². The normalized spacial score (nSPS) is 13.3. The van der Waals surface area contributed by atoms with Gasteiger partial charge in [0.15, 0.2) is 0 Å². The fourth-order valence-corrected chi connectivity index (χ4v) is 5.24. The van der Waals surface area contributed by atoms with Crippen LogP contribution < -0.4 is 4.72 Å². The Labute approximate surface area is 152 Å². The van der Waals surface area contributed by atoms with Crippen molar-refractivity contribution in [1.29, 1.82) is 0 Å². The molecule has 0 amide bonds. The summed E-state index contributed by atoms with van der Waals surface area (Å²) in [5.74, 6) is 0.538. The molecule has 0 aliphatic carbocycles. The SMILES string of the molecule is O=S(=O)(NCC(c1ccco1)c1cccs1)c1cccc2nsnc12. The first-order chi connectivity index (χ1) is 12.1. The van der Waals surface area contributed by atoms with Gasteiger partial charge in [0.2, 0.25) is 10.0 Å². The van der Waals surface area contributed by atoms with E-state index in [0.29, 0.717) is 11.0 Å². The molecule has 9 heteroatoms. The summed E-state index contributed by atoms with van der Waals surface area (Å²) >= 11 is 2.56. The lowest BCUT2D eigenvalue weighted by Crippen LogP contribution is -2.28. The van der Waals surface area contributed by atoms with Crippen molar-refractivity contribution in [2.24, 2.45) is 0 Å². The Morgan fingerprint density at radius 1 is 1.12 bits per heavy atom.